The second-order valence-corrected chi connectivity index (χ2v) is 3.18. The minimum absolute atomic E-state index is 0.469. The first-order chi connectivity index (χ1) is 7.34. The number of rotatable bonds is 4. The number of aryl methyl sites for hydroxylation is 1. The van der Waals surface area contributed by atoms with Crippen molar-refractivity contribution >= 4 is 6.01 Å². The first kappa shape index (κ1) is 9.64. The van der Waals surface area contributed by atoms with Crippen LogP contribution in [0.1, 0.15) is 11.4 Å². The molecule has 15 heavy (non-hydrogen) atoms. The van der Waals surface area contributed by atoms with E-state index in [2.05, 4.69) is 20.4 Å². The van der Waals surface area contributed by atoms with Crippen molar-refractivity contribution in [2.24, 2.45) is 0 Å². The van der Waals surface area contributed by atoms with Gasteiger partial charge in [-0.2, -0.15) is 4.98 Å². The Kier molecular flexibility index (Phi) is 2.92. The lowest BCUT2D eigenvalue weighted by Gasteiger charge is -2.00. The van der Waals surface area contributed by atoms with E-state index in [0.29, 0.717) is 11.8 Å². The molecule has 5 nitrogen and oxygen atoms in total. The summed E-state index contributed by atoms with van der Waals surface area (Å²) < 4.78 is 4.91. The number of nitrogens with zero attached hydrogens (tertiary/aromatic N) is 3. The van der Waals surface area contributed by atoms with Gasteiger partial charge in [0.05, 0.1) is 0 Å². The van der Waals surface area contributed by atoms with E-state index in [1.54, 1.807) is 13.1 Å². The predicted molar refractivity (Wildman–Crippen MR) is 55.5 cm³/mol. The summed E-state index contributed by atoms with van der Waals surface area (Å²) in [6.45, 7) is 2.54. The summed E-state index contributed by atoms with van der Waals surface area (Å²) in [4.78, 5) is 8.07. The van der Waals surface area contributed by atoms with Gasteiger partial charge in [0, 0.05) is 18.9 Å². The second-order valence-electron chi connectivity index (χ2n) is 3.18. The van der Waals surface area contributed by atoms with Gasteiger partial charge in [-0.25, -0.2) is 0 Å². The van der Waals surface area contributed by atoms with Gasteiger partial charge in [0.1, 0.15) is 0 Å². The van der Waals surface area contributed by atoms with E-state index in [0.717, 1.165) is 13.0 Å². The van der Waals surface area contributed by atoms with Gasteiger partial charge >= 0.3 is 6.01 Å². The number of anilines is 1. The molecule has 0 aliphatic heterocycles. The van der Waals surface area contributed by atoms with Crippen LogP contribution in [0.2, 0.25) is 0 Å². The van der Waals surface area contributed by atoms with Crippen molar-refractivity contribution < 1.29 is 4.52 Å². The molecule has 1 N–H and O–H groups in total. The van der Waals surface area contributed by atoms with Crippen LogP contribution >= 0.6 is 0 Å². The molecular weight excluding hydrogens is 192 g/mol. The van der Waals surface area contributed by atoms with Crippen LogP contribution in [-0.4, -0.2) is 21.7 Å². The molecule has 0 amide bonds. The molecule has 0 aliphatic rings. The molecule has 0 atom stereocenters. The highest BCUT2D eigenvalue weighted by molar-refractivity contribution is 5.19. The normalized spacial score (nSPS) is 10.2. The number of aromatic nitrogens is 3. The highest BCUT2D eigenvalue weighted by atomic mass is 16.5. The van der Waals surface area contributed by atoms with Gasteiger partial charge in [0.25, 0.3) is 0 Å². The number of hydrogen-bond acceptors (Lipinski definition) is 5. The molecular formula is C10H12N4O. The van der Waals surface area contributed by atoms with E-state index in [9.17, 15) is 0 Å². The zero-order chi connectivity index (χ0) is 10.5. The van der Waals surface area contributed by atoms with Crippen molar-refractivity contribution in [3.63, 3.8) is 0 Å². The van der Waals surface area contributed by atoms with E-state index >= 15 is 0 Å². The van der Waals surface area contributed by atoms with Crippen LogP contribution in [0, 0.1) is 6.92 Å². The molecule has 0 unspecified atom stereocenters. The van der Waals surface area contributed by atoms with E-state index in [1.165, 1.54) is 5.56 Å². The van der Waals surface area contributed by atoms with Crippen molar-refractivity contribution in [2.75, 3.05) is 11.9 Å². The topological polar surface area (TPSA) is 63.8 Å². The molecule has 0 fully saturated rings. The van der Waals surface area contributed by atoms with E-state index in [-0.39, 0.29) is 0 Å². The fourth-order valence-electron chi connectivity index (χ4n) is 1.23. The van der Waals surface area contributed by atoms with Gasteiger partial charge in [-0.3, -0.25) is 4.98 Å². The molecule has 0 aliphatic carbocycles. The van der Waals surface area contributed by atoms with Crippen LogP contribution in [0.15, 0.2) is 29.0 Å². The average molecular weight is 204 g/mol. The van der Waals surface area contributed by atoms with Crippen molar-refractivity contribution in [1.82, 2.24) is 15.1 Å². The Morgan fingerprint density at radius 1 is 1.47 bits per heavy atom. The lowest BCUT2D eigenvalue weighted by molar-refractivity contribution is 0.425. The van der Waals surface area contributed by atoms with Crippen LogP contribution in [0.5, 0.6) is 0 Å². The van der Waals surface area contributed by atoms with Crippen molar-refractivity contribution in [3.8, 4) is 0 Å². The molecule has 0 bridgehead atoms. The first-order valence-corrected chi connectivity index (χ1v) is 4.78. The Bertz CT molecular complexity index is 412. The maximum Gasteiger partial charge on any atom is 0.321 e. The van der Waals surface area contributed by atoms with E-state index in [1.807, 2.05) is 18.3 Å². The van der Waals surface area contributed by atoms with Crippen LogP contribution in [0.4, 0.5) is 6.01 Å². The molecule has 2 heterocycles. The molecule has 78 valence electrons. The highest BCUT2D eigenvalue weighted by Crippen LogP contribution is 2.03. The monoisotopic (exact) mass is 204 g/mol. The quantitative estimate of drug-likeness (QED) is 0.816. The molecule has 0 saturated heterocycles. The zero-order valence-corrected chi connectivity index (χ0v) is 8.47. The third-order valence-electron chi connectivity index (χ3n) is 1.94. The molecule has 2 aromatic heterocycles. The maximum absolute atomic E-state index is 4.91. The molecule has 0 saturated carbocycles. The lowest BCUT2D eigenvalue weighted by Crippen LogP contribution is -2.05. The maximum atomic E-state index is 4.91. The number of nitrogens with one attached hydrogen (secondary N) is 1. The highest BCUT2D eigenvalue weighted by Gasteiger charge is 2.00. The Hall–Kier alpha value is -1.91. The summed E-state index contributed by atoms with van der Waals surface area (Å²) in [5.74, 6) is 0.638. The molecule has 2 rings (SSSR count). The lowest BCUT2D eigenvalue weighted by atomic mass is 10.2. The fraction of sp³-hybridized carbons (Fsp3) is 0.300. The van der Waals surface area contributed by atoms with Gasteiger partial charge in [0.15, 0.2) is 5.82 Å². The number of hydrogen-bond donors (Lipinski definition) is 1. The van der Waals surface area contributed by atoms with Crippen LogP contribution in [-0.2, 0) is 6.42 Å². The Morgan fingerprint density at radius 2 is 2.40 bits per heavy atom. The molecule has 0 spiro atoms. The Morgan fingerprint density at radius 3 is 3.07 bits per heavy atom. The standard InChI is InChI=1S/C10H12N4O/c1-8-13-10(15-14-8)12-6-4-9-3-2-5-11-7-9/h2-3,5,7H,4,6H2,1H3,(H,12,13,14). The fourth-order valence-corrected chi connectivity index (χ4v) is 1.23. The minimum atomic E-state index is 0.469. The van der Waals surface area contributed by atoms with Crippen LogP contribution < -0.4 is 5.32 Å². The molecule has 2 aromatic rings. The predicted octanol–water partition coefficient (Wildman–Crippen LogP) is 1.43. The summed E-state index contributed by atoms with van der Waals surface area (Å²) in [6.07, 6.45) is 4.49. The SMILES string of the molecule is Cc1noc(NCCc2cccnc2)n1. The molecule has 5 heteroatoms. The first-order valence-electron chi connectivity index (χ1n) is 4.78. The number of pyridine rings is 1. The van der Waals surface area contributed by atoms with E-state index < -0.39 is 0 Å². The van der Waals surface area contributed by atoms with Crippen molar-refractivity contribution in [3.05, 3.63) is 35.9 Å². The summed E-state index contributed by atoms with van der Waals surface area (Å²) in [5.41, 5.74) is 1.18. The summed E-state index contributed by atoms with van der Waals surface area (Å²) in [7, 11) is 0. The average Bonchev–Trinajstić information content (AvgIpc) is 2.66. The third-order valence-corrected chi connectivity index (χ3v) is 1.94. The zero-order valence-electron chi connectivity index (χ0n) is 8.47. The smallest absolute Gasteiger partial charge is 0.321 e. The van der Waals surface area contributed by atoms with Crippen LogP contribution in [0.25, 0.3) is 0 Å². The minimum Gasteiger partial charge on any atom is -0.337 e. The van der Waals surface area contributed by atoms with Crippen molar-refractivity contribution in [1.29, 1.82) is 0 Å². The van der Waals surface area contributed by atoms with E-state index in [4.69, 9.17) is 4.52 Å². The summed E-state index contributed by atoms with van der Waals surface area (Å²) in [6, 6.07) is 4.43. The largest absolute Gasteiger partial charge is 0.337 e. The van der Waals surface area contributed by atoms with Gasteiger partial charge in [-0.05, 0) is 25.0 Å². The van der Waals surface area contributed by atoms with Crippen molar-refractivity contribution in [2.45, 2.75) is 13.3 Å². The van der Waals surface area contributed by atoms with Crippen LogP contribution in [0.3, 0.4) is 0 Å². The Balaban J connectivity index is 1.80. The van der Waals surface area contributed by atoms with Gasteiger partial charge < -0.3 is 9.84 Å². The van der Waals surface area contributed by atoms with Gasteiger partial charge in [-0.15, -0.1) is 0 Å². The summed E-state index contributed by atoms with van der Waals surface area (Å²) in [5, 5.41) is 6.73. The summed E-state index contributed by atoms with van der Waals surface area (Å²) >= 11 is 0. The second kappa shape index (κ2) is 4.54. The van der Waals surface area contributed by atoms with Gasteiger partial charge in [0.2, 0.25) is 0 Å². The van der Waals surface area contributed by atoms with Gasteiger partial charge in [-0.1, -0.05) is 11.2 Å². The third kappa shape index (κ3) is 2.77. The molecule has 0 aromatic carbocycles. The Labute approximate surface area is 87.5 Å². The molecule has 0 radical (unpaired) electrons.